The van der Waals surface area contributed by atoms with Crippen LogP contribution in [0.1, 0.15) is 44.5 Å². The van der Waals surface area contributed by atoms with Gasteiger partial charge >= 0.3 is 204 Å². The first-order valence-electron chi connectivity index (χ1n) is 11.2. The van der Waals surface area contributed by atoms with E-state index in [1.54, 1.807) is 0 Å². The first kappa shape index (κ1) is 29.4. The van der Waals surface area contributed by atoms with Crippen molar-refractivity contribution in [2.24, 2.45) is 0 Å². The fourth-order valence-electron chi connectivity index (χ4n) is 5.45. The number of hydrogen-bond donors (Lipinski definition) is 0. The Bertz CT molecular complexity index is 1230. The molecular weight excluding hydrogens is 527 g/mol. The predicted octanol–water partition coefficient (Wildman–Crippen LogP) is -1.57. The van der Waals surface area contributed by atoms with Crippen molar-refractivity contribution in [3.63, 3.8) is 0 Å². The molecule has 1 aliphatic carbocycles. The van der Waals surface area contributed by atoms with Crippen molar-refractivity contribution in [2.45, 2.75) is 29.9 Å². The van der Waals surface area contributed by atoms with Crippen LogP contribution in [0.15, 0.2) is 103 Å². The van der Waals surface area contributed by atoms with Crippen LogP contribution in [-0.2, 0) is 29.6 Å². The normalized spacial score (nSPS) is 15.9. The molecule has 0 saturated heterocycles. The molecule has 0 nitrogen and oxygen atoms in total. The van der Waals surface area contributed by atoms with E-state index < -0.39 is 0 Å². The Morgan fingerprint density at radius 1 is 0.571 bits per heavy atom. The van der Waals surface area contributed by atoms with Crippen LogP contribution in [0, 0.1) is 20.8 Å². The topological polar surface area (TPSA) is 0 Å². The average Bonchev–Trinajstić information content (AvgIpc) is 3.13. The summed E-state index contributed by atoms with van der Waals surface area (Å²) in [5.41, 5.74) is 10.2. The summed E-state index contributed by atoms with van der Waals surface area (Å²) in [7, 11) is 0. The number of rotatable bonds is 4. The van der Waals surface area contributed by atoms with Gasteiger partial charge in [-0.25, -0.2) is 0 Å². The van der Waals surface area contributed by atoms with Gasteiger partial charge in [-0.1, -0.05) is 0 Å². The van der Waals surface area contributed by atoms with Gasteiger partial charge in [0, 0.05) is 0 Å². The Labute approximate surface area is 239 Å². The number of hydrogen-bond acceptors (Lipinski definition) is 0. The van der Waals surface area contributed by atoms with Gasteiger partial charge in [-0.2, -0.15) is 0 Å². The molecule has 0 amide bonds. The van der Waals surface area contributed by atoms with Crippen LogP contribution in [0.4, 0.5) is 0 Å². The maximum Gasteiger partial charge on any atom is -1.00 e. The van der Waals surface area contributed by atoms with Crippen molar-refractivity contribution in [2.75, 3.05) is 0 Å². The van der Waals surface area contributed by atoms with E-state index in [9.17, 15) is 0 Å². The van der Waals surface area contributed by atoms with Gasteiger partial charge in [-0.15, -0.1) is 0 Å². The van der Waals surface area contributed by atoms with E-state index in [1.807, 2.05) is 0 Å². The second-order valence-electron chi connectivity index (χ2n) is 9.09. The molecule has 0 heterocycles. The van der Waals surface area contributed by atoms with Crippen LogP contribution in [0.2, 0.25) is 0 Å². The van der Waals surface area contributed by atoms with Crippen LogP contribution < -0.4 is 37.2 Å². The van der Waals surface area contributed by atoms with Crippen LogP contribution in [0.3, 0.4) is 0 Å². The van der Waals surface area contributed by atoms with Crippen molar-refractivity contribution in [3.8, 4) is 0 Å². The first-order chi connectivity index (χ1) is 15.4. The van der Waals surface area contributed by atoms with Gasteiger partial charge in [0.25, 0.3) is 0 Å². The zero-order valence-electron chi connectivity index (χ0n) is 20.0. The molecule has 0 saturated carbocycles. The molecule has 5 rings (SSSR count). The summed E-state index contributed by atoms with van der Waals surface area (Å²) >= 11 is 2.42. The molecule has 0 fully saturated rings. The SMILES string of the molecule is Cc1cccc(C(c2cccc(C)c2)(c2cccc(C)c2)[C]2([Ti+3])C=Cc3ccccc32)c1.[Cl-].[Cl-].[Cl-]. The summed E-state index contributed by atoms with van der Waals surface area (Å²) in [4.78, 5) is 0. The fourth-order valence-corrected chi connectivity index (χ4v) is 6.61. The molecule has 0 aromatic heterocycles. The Kier molecular flexibility index (Phi) is 9.68. The van der Waals surface area contributed by atoms with Gasteiger partial charge in [0.1, 0.15) is 0 Å². The minimum absolute atomic E-state index is 0. The van der Waals surface area contributed by atoms with Gasteiger partial charge in [-0.3, -0.25) is 0 Å². The summed E-state index contributed by atoms with van der Waals surface area (Å²) < 4.78 is -0.251. The molecule has 0 bridgehead atoms. The molecule has 0 spiro atoms. The summed E-state index contributed by atoms with van der Waals surface area (Å²) in [5, 5.41) is 0. The van der Waals surface area contributed by atoms with Crippen molar-refractivity contribution in [3.05, 3.63) is 148 Å². The quantitative estimate of drug-likeness (QED) is 0.212. The summed E-state index contributed by atoms with van der Waals surface area (Å²) in [6, 6.07) is 36.2. The third kappa shape index (κ3) is 4.80. The molecule has 4 aromatic carbocycles. The van der Waals surface area contributed by atoms with Crippen LogP contribution in [0.25, 0.3) is 6.08 Å². The van der Waals surface area contributed by atoms with E-state index in [4.69, 9.17) is 0 Å². The van der Waals surface area contributed by atoms with Crippen LogP contribution in [-0.4, -0.2) is 0 Å². The maximum atomic E-state index is 2.44. The molecule has 0 N–H and O–H groups in total. The van der Waals surface area contributed by atoms with E-state index in [-0.39, 0.29) is 46.4 Å². The monoisotopic (exact) mass is 552 g/mol. The summed E-state index contributed by atoms with van der Waals surface area (Å²) in [6.07, 6.45) is 4.75. The van der Waals surface area contributed by atoms with E-state index in [1.165, 1.54) is 44.5 Å². The van der Waals surface area contributed by atoms with Crippen molar-refractivity contribution < 1.29 is 57.7 Å². The Balaban J connectivity index is 0.00000144. The number of allylic oxidation sites excluding steroid dienone is 1. The van der Waals surface area contributed by atoms with Gasteiger partial charge in [0.15, 0.2) is 0 Å². The summed E-state index contributed by atoms with van der Waals surface area (Å²) in [5.74, 6) is 0. The van der Waals surface area contributed by atoms with Crippen molar-refractivity contribution in [1.82, 2.24) is 0 Å². The molecule has 1 atom stereocenters. The second kappa shape index (κ2) is 11.5. The molecule has 0 radical (unpaired) electrons. The molecule has 1 unspecified atom stereocenters. The predicted molar refractivity (Wildman–Crippen MR) is 131 cm³/mol. The summed E-state index contributed by atoms with van der Waals surface area (Å²) in [6.45, 7) is 6.59. The third-order valence-electron chi connectivity index (χ3n) is 6.84. The smallest absolute Gasteiger partial charge is 1.00 e. The van der Waals surface area contributed by atoms with Gasteiger partial charge in [-0.05, 0) is 0 Å². The van der Waals surface area contributed by atoms with Crippen LogP contribution >= 0.6 is 0 Å². The fraction of sp³-hybridized carbons (Fsp3) is 0.161. The number of aryl methyl sites for hydroxylation is 3. The number of halogens is 3. The Hall–Kier alpha value is -1.80. The zero-order chi connectivity index (χ0) is 22.3. The van der Waals surface area contributed by atoms with E-state index in [0.717, 1.165) is 0 Å². The Morgan fingerprint density at radius 3 is 1.43 bits per heavy atom. The van der Waals surface area contributed by atoms with Gasteiger partial charge < -0.3 is 37.2 Å². The minimum Gasteiger partial charge on any atom is -1.00 e. The number of fused-ring (bicyclic) bond motifs is 1. The molecular formula is C31H27Cl3Ti. The zero-order valence-corrected chi connectivity index (χ0v) is 23.9. The second-order valence-corrected chi connectivity index (χ2v) is 10.3. The molecule has 0 aliphatic heterocycles. The van der Waals surface area contributed by atoms with E-state index in [0.29, 0.717) is 0 Å². The van der Waals surface area contributed by atoms with E-state index >= 15 is 0 Å². The first-order valence-corrected chi connectivity index (χ1v) is 12.0. The molecule has 1 aliphatic rings. The van der Waals surface area contributed by atoms with E-state index in [2.05, 4.69) is 150 Å². The van der Waals surface area contributed by atoms with Crippen LogP contribution in [0.5, 0.6) is 0 Å². The maximum absolute atomic E-state index is 2.44. The Morgan fingerprint density at radius 2 is 1.00 bits per heavy atom. The minimum atomic E-state index is -0.375. The molecule has 4 aromatic rings. The molecule has 4 heteroatoms. The largest absolute Gasteiger partial charge is 1.00 e. The van der Waals surface area contributed by atoms with Gasteiger partial charge in [0.2, 0.25) is 0 Å². The number of benzene rings is 4. The van der Waals surface area contributed by atoms with Crippen molar-refractivity contribution >= 4 is 6.08 Å². The average molecular weight is 554 g/mol. The van der Waals surface area contributed by atoms with Crippen molar-refractivity contribution in [1.29, 1.82) is 0 Å². The molecule has 35 heavy (non-hydrogen) atoms. The standard InChI is InChI=1S/C31H27.3ClH.Ti/c1-22-9-6-13-26(19-22)31(27-14-7-10-23(2)20-27,28-15-8-11-24(3)21-28)30-18-17-25-12-4-5-16-29(25)30;;;;/h4-21H,1-3H3;3*1H;/q;;;;+3/p-3. The molecule has 176 valence electrons. The van der Waals surface area contributed by atoms with Gasteiger partial charge in [0.05, 0.1) is 0 Å². The third-order valence-corrected chi connectivity index (χ3v) is 8.11.